The molecule has 1 N–H and O–H groups in total. The van der Waals surface area contributed by atoms with E-state index >= 15 is 0 Å². The molecule has 0 spiro atoms. The number of nitrogens with one attached hydrogen (secondary N) is 1. The summed E-state index contributed by atoms with van der Waals surface area (Å²) in [6.45, 7) is 2.91. The summed E-state index contributed by atoms with van der Waals surface area (Å²) in [6, 6.07) is 0. The fourth-order valence-electron chi connectivity index (χ4n) is 3.27. The van der Waals surface area contributed by atoms with Gasteiger partial charge in [-0.1, -0.05) is 96.8 Å². The van der Waals surface area contributed by atoms with E-state index in [0.717, 1.165) is 12.8 Å². The summed E-state index contributed by atoms with van der Waals surface area (Å²) in [5, 5.41) is 2.76. The average molecular weight is 435 g/mol. The monoisotopic (exact) mass is 434 g/mol. The normalized spacial score (nSPS) is 11.7. The summed E-state index contributed by atoms with van der Waals surface area (Å²) in [5.74, 6) is -0.655. The highest BCUT2D eigenvalue weighted by Crippen LogP contribution is 2.13. The zero-order chi connectivity index (χ0) is 21.6. The van der Waals surface area contributed by atoms with E-state index in [1.807, 2.05) is 0 Å². The van der Waals surface area contributed by atoms with Gasteiger partial charge in [0.15, 0.2) is 0 Å². The molecule has 174 valence electrons. The van der Waals surface area contributed by atoms with Crippen LogP contribution < -0.4 is 5.32 Å². The van der Waals surface area contributed by atoms with Crippen LogP contribution in [0, 0.1) is 0 Å². The van der Waals surface area contributed by atoms with Crippen LogP contribution in [0.2, 0.25) is 0 Å². The molecule has 0 aliphatic rings. The van der Waals surface area contributed by atoms with Crippen LogP contribution in [0.4, 0.5) is 0 Å². The van der Waals surface area contributed by atoms with Gasteiger partial charge >= 0.3 is 5.97 Å². The molecular weight excluding hydrogens is 390 g/mol. The van der Waals surface area contributed by atoms with Crippen LogP contribution in [0.1, 0.15) is 110 Å². The predicted octanol–water partition coefficient (Wildman–Crippen LogP) is 4.93. The summed E-state index contributed by atoms with van der Waals surface area (Å²) in [6.07, 6.45) is 19.9. The van der Waals surface area contributed by atoms with E-state index in [0.29, 0.717) is 13.0 Å². The lowest BCUT2D eigenvalue weighted by molar-refractivity contribution is -0.143. The van der Waals surface area contributed by atoms with Gasteiger partial charge in [-0.3, -0.25) is 4.79 Å². The number of unbranched alkanes of at least 4 members (excludes halogenated alkanes) is 14. The standard InChI is InChI=1S/C22H45NO5S/c1-2-3-4-5-6-7-8-9-10-11-12-13-14-15-16-17-22(24)28-20-18-23-19-21-29(25,26)27/h23H,2-21H2,1H3,(H,25,26,27)/p-1. The first-order valence-electron chi connectivity index (χ1n) is 11.8. The molecule has 7 heteroatoms. The van der Waals surface area contributed by atoms with Gasteiger partial charge in [-0.25, -0.2) is 8.42 Å². The van der Waals surface area contributed by atoms with Gasteiger partial charge in [-0.2, -0.15) is 0 Å². The quantitative estimate of drug-likeness (QED) is 0.147. The zero-order valence-corrected chi connectivity index (χ0v) is 19.4. The van der Waals surface area contributed by atoms with Gasteiger partial charge in [0.1, 0.15) is 6.61 Å². The van der Waals surface area contributed by atoms with Gasteiger partial charge in [0.05, 0.1) is 15.9 Å². The fourth-order valence-corrected chi connectivity index (χ4v) is 3.67. The molecule has 0 aromatic carbocycles. The molecule has 0 saturated heterocycles. The third-order valence-electron chi connectivity index (χ3n) is 5.06. The number of hydrogen-bond donors (Lipinski definition) is 1. The van der Waals surface area contributed by atoms with Crippen molar-refractivity contribution >= 4 is 16.1 Å². The number of hydrogen-bond acceptors (Lipinski definition) is 6. The maximum atomic E-state index is 11.6. The Bertz CT molecular complexity index is 468. The first-order valence-corrected chi connectivity index (χ1v) is 13.3. The van der Waals surface area contributed by atoms with E-state index in [1.54, 1.807) is 0 Å². The summed E-state index contributed by atoms with van der Waals surface area (Å²) in [5.41, 5.74) is 0. The Labute approximate surface area is 179 Å². The van der Waals surface area contributed by atoms with Crippen LogP contribution >= 0.6 is 0 Å². The van der Waals surface area contributed by atoms with E-state index in [9.17, 15) is 17.8 Å². The van der Waals surface area contributed by atoms with Crippen LogP contribution in [0.3, 0.4) is 0 Å². The van der Waals surface area contributed by atoms with Gasteiger partial charge in [0.2, 0.25) is 0 Å². The molecule has 0 saturated carbocycles. The van der Waals surface area contributed by atoms with Crippen molar-refractivity contribution in [2.75, 3.05) is 25.4 Å². The topological polar surface area (TPSA) is 95.5 Å². The molecule has 0 rings (SSSR count). The van der Waals surface area contributed by atoms with Gasteiger partial charge in [-0.15, -0.1) is 0 Å². The van der Waals surface area contributed by atoms with Crippen molar-refractivity contribution in [2.45, 2.75) is 110 Å². The summed E-state index contributed by atoms with van der Waals surface area (Å²) in [7, 11) is -4.18. The van der Waals surface area contributed by atoms with Crippen LogP contribution in [0.25, 0.3) is 0 Å². The maximum Gasteiger partial charge on any atom is 0.305 e. The van der Waals surface area contributed by atoms with Crippen LogP contribution in [-0.4, -0.2) is 44.4 Å². The highest BCUT2D eigenvalue weighted by molar-refractivity contribution is 7.85. The van der Waals surface area contributed by atoms with Gasteiger partial charge in [-0.05, 0) is 6.42 Å². The van der Waals surface area contributed by atoms with Crippen molar-refractivity contribution in [3.8, 4) is 0 Å². The molecule has 0 unspecified atom stereocenters. The molecule has 0 aromatic rings. The SMILES string of the molecule is CCCCCCCCCCCCCCCCCC(=O)OCCNCCS(=O)(=O)[O-]. The lowest BCUT2D eigenvalue weighted by Crippen LogP contribution is -2.26. The second-order valence-electron chi connectivity index (χ2n) is 7.93. The summed E-state index contributed by atoms with van der Waals surface area (Å²) in [4.78, 5) is 11.6. The van der Waals surface area contributed by atoms with Crippen molar-refractivity contribution in [1.82, 2.24) is 5.32 Å². The molecular formula is C22H44NO5S-. The van der Waals surface area contributed by atoms with Crippen molar-refractivity contribution in [3.63, 3.8) is 0 Å². The Kier molecular flexibility index (Phi) is 20.1. The highest BCUT2D eigenvalue weighted by atomic mass is 32.2. The van der Waals surface area contributed by atoms with Crippen molar-refractivity contribution < 1.29 is 22.5 Å². The van der Waals surface area contributed by atoms with E-state index in [-0.39, 0.29) is 19.1 Å². The Morgan fingerprint density at radius 2 is 1.21 bits per heavy atom. The third-order valence-corrected chi connectivity index (χ3v) is 5.76. The lowest BCUT2D eigenvalue weighted by atomic mass is 10.0. The van der Waals surface area contributed by atoms with E-state index in [4.69, 9.17) is 4.74 Å². The summed E-state index contributed by atoms with van der Waals surface area (Å²) < 4.78 is 36.3. The van der Waals surface area contributed by atoms with E-state index in [2.05, 4.69) is 12.2 Å². The molecule has 0 heterocycles. The van der Waals surface area contributed by atoms with Gasteiger partial charge in [0, 0.05) is 19.5 Å². The first kappa shape index (κ1) is 28.3. The number of esters is 1. The molecule has 0 aliphatic heterocycles. The predicted molar refractivity (Wildman–Crippen MR) is 118 cm³/mol. The number of rotatable bonds is 22. The van der Waals surface area contributed by atoms with Crippen LogP contribution in [0.5, 0.6) is 0 Å². The third kappa shape index (κ3) is 25.3. The van der Waals surface area contributed by atoms with E-state index in [1.165, 1.54) is 83.5 Å². The minimum Gasteiger partial charge on any atom is -0.748 e. The molecule has 0 atom stereocenters. The number of carbonyl (C=O) groups excluding carboxylic acids is 1. The second kappa shape index (κ2) is 20.6. The smallest absolute Gasteiger partial charge is 0.305 e. The van der Waals surface area contributed by atoms with Gasteiger partial charge in [0.25, 0.3) is 0 Å². The zero-order valence-electron chi connectivity index (χ0n) is 18.6. The minimum atomic E-state index is -4.18. The molecule has 0 fully saturated rings. The second-order valence-corrected chi connectivity index (χ2v) is 9.46. The van der Waals surface area contributed by atoms with Crippen molar-refractivity contribution in [3.05, 3.63) is 0 Å². The Balaban J connectivity index is 3.19. The highest BCUT2D eigenvalue weighted by Gasteiger charge is 2.02. The van der Waals surface area contributed by atoms with Crippen LogP contribution in [-0.2, 0) is 19.6 Å². The molecule has 0 radical (unpaired) electrons. The Morgan fingerprint density at radius 3 is 1.66 bits per heavy atom. The van der Waals surface area contributed by atoms with E-state index < -0.39 is 15.9 Å². The summed E-state index contributed by atoms with van der Waals surface area (Å²) >= 11 is 0. The molecule has 0 aromatic heterocycles. The maximum absolute atomic E-state index is 11.6. The van der Waals surface area contributed by atoms with Crippen molar-refractivity contribution in [2.24, 2.45) is 0 Å². The molecule has 0 bridgehead atoms. The lowest BCUT2D eigenvalue weighted by Gasteiger charge is -2.08. The minimum absolute atomic E-state index is 0.0857. The van der Waals surface area contributed by atoms with Crippen LogP contribution in [0.15, 0.2) is 0 Å². The van der Waals surface area contributed by atoms with Crippen molar-refractivity contribution in [1.29, 1.82) is 0 Å². The molecule has 29 heavy (non-hydrogen) atoms. The number of ether oxygens (including phenoxy) is 1. The van der Waals surface area contributed by atoms with Gasteiger partial charge < -0.3 is 14.6 Å². The molecule has 0 amide bonds. The molecule has 6 nitrogen and oxygen atoms in total. The largest absolute Gasteiger partial charge is 0.748 e. The Morgan fingerprint density at radius 1 is 0.759 bits per heavy atom. The molecule has 0 aliphatic carbocycles. The fraction of sp³-hybridized carbons (Fsp3) is 0.955. The number of carbonyl (C=O) groups is 1. The first-order chi connectivity index (χ1) is 14.0. The Hall–Kier alpha value is -0.660. The average Bonchev–Trinajstić information content (AvgIpc) is 2.66.